The summed E-state index contributed by atoms with van der Waals surface area (Å²) >= 11 is 20.6. The topological polar surface area (TPSA) is 0 Å². The number of halogens is 4. The lowest BCUT2D eigenvalue weighted by atomic mass is 10.2. The van der Waals surface area contributed by atoms with Crippen LogP contribution in [0.4, 0.5) is 0 Å². The van der Waals surface area contributed by atoms with Gasteiger partial charge in [0.15, 0.2) is 0 Å². The Morgan fingerprint density at radius 2 is 1.00 bits per heavy atom. The molecule has 4 heterocycles. The van der Waals surface area contributed by atoms with Crippen LogP contribution in [-0.4, -0.2) is 0 Å². The van der Waals surface area contributed by atoms with Crippen LogP contribution in [-0.2, 0) is 0 Å². The molecule has 0 aliphatic carbocycles. The molecule has 0 bridgehead atoms. The van der Waals surface area contributed by atoms with E-state index in [1.165, 1.54) is 76.3 Å². The second-order valence-corrected chi connectivity index (χ2v) is 15.5. The van der Waals surface area contributed by atoms with Crippen molar-refractivity contribution in [1.29, 1.82) is 0 Å². The van der Waals surface area contributed by atoms with Crippen molar-refractivity contribution in [3.8, 4) is 19.5 Å². The number of rotatable bonds is 2. The maximum Gasteiger partial charge on any atom is 0.0618 e. The molecule has 0 N–H and O–H groups in total. The van der Waals surface area contributed by atoms with E-state index in [0.29, 0.717) is 0 Å². The quantitative estimate of drug-likeness (QED) is 0.152. The van der Waals surface area contributed by atoms with Crippen LogP contribution >= 0.6 is 122 Å². The van der Waals surface area contributed by atoms with Crippen molar-refractivity contribution >= 4 is 152 Å². The predicted molar refractivity (Wildman–Crippen MR) is 172 cm³/mol. The van der Waals surface area contributed by atoms with Crippen LogP contribution in [0.3, 0.4) is 0 Å². The Morgan fingerprint density at radius 3 is 1.41 bits per heavy atom. The molecule has 0 saturated carbocycles. The van der Waals surface area contributed by atoms with Gasteiger partial charge in [-0.25, -0.2) is 0 Å². The fourth-order valence-electron chi connectivity index (χ4n) is 3.81. The average Bonchev–Trinajstić information content (AvgIpc) is 3.45. The molecule has 32 heavy (non-hydrogen) atoms. The first-order valence-electron chi connectivity index (χ1n) is 9.61. The van der Waals surface area contributed by atoms with Crippen LogP contribution in [0, 0.1) is 21.0 Å². The van der Waals surface area contributed by atoms with Crippen molar-refractivity contribution in [3.05, 3.63) is 63.6 Å². The van der Waals surface area contributed by atoms with E-state index in [4.69, 9.17) is 0 Å². The highest BCUT2D eigenvalue weighted by molar-refractivity contribution is 14.1. The second-order valence-electron chi connectivity index (χ2n) is 7.64. The minimum Gasteiger partial charge on any atom is -0.133 e. The Labute approximate surface area is 245 Å². The Morgan fingerprint density at radius 1 is 0.594 bits per heavy atom. The molecule has 0 atom stereocenters. The summed E-state index contributed by atoms with van der Waals surface area (Å²) in [7, 11) is 0. The third-order valence-corrected chi connectivity index (χ3v) is 16.2. The van der Waals surface area contributed by atoms with E-state index in [-0.39, 0.29) is 0 Å². The summed E-state index contributed by atoms with van der Waals surface area (Å²) in [4.78, 5) is 5.41. The van der Waals surface area contributed by atoms with Crippen LogP contribution in [0.2, 0.25) is 0 Å². The predicted octanol–water partition coefficient (Wildman–Crippen LogP) is 12.1. The summed E-state index contributed by atoms with van der Waals surface area (Å²) in [6, 6.07) is 13.5. The Bertz CT molecular complexity index is 1570. The number of benzene rings is 2. The zero-order chi connectivity index (χ0) is 22.3. The fraction of sp³-hybridized carbons (Fsp3) is 0.0833. The van der Waals surface area contributed by atoms with Gasteiger partial charge in [0.05, 0.1) is 37.9 Å². The maximum absolute atomic E-state index is 3.98. The summed E-state index contributed by atoms with van der Waals surface area (Å²) < 4.78 is 10.5. The Balaban J connectivity index is 1.54. The van der Waals surface area contributed by atoms with Gasteiger partial charge in [0, 0.05) is 27.3 Å². The van der Waals surface area contributed by atoms with Crippen molar-refractivity contribution in [2.45, 2.75) is 13.8 Å². The van der Waals surface area contributed by atoms with E-state index >= 15 is 0 Å². The molecule has 0 saturated heterocycles. The van der Waals surface area contributed by atoms with Gasteiger partial charge in [0.1, 0.15) is 0 Å². The molecule has 0 unspecified atom stereocenters. The van der Waals surface area contributed by atoms with Crippen molar-refractivity contribution in [2.75, 3.05) is 0 Å². The number of hydrogen-bond donors (Lipinski definition) is 0. The van der Waals surface area contributed by atoms with Crippen molar-refractivity contribution in [3.63, 3.8) is 0 Å². The molecule has 0 aliphatic heterocycles. The van der Waals surface area contributed by atoms with E-state index in [2.05, 4.69) is 127 Å². The fourth-order valence-corrected chi connectivity index (χ4v) is 14.1. The molecule has 6 aromatic rings. The van der Waals surface area contributed by atoms with Crippen LogP contribution in [0.25, 0.3) is 49.1 Å². The summed E-state index contributed by atoms with van der Waals surface area (Å²) in [6.07, 6.45) is 0. The van der Waals surface area contributed by atoms with E-state index in [0.717, 1.165) is 0 Å². The molecule has 2 aromatic carbocycles. The lowest BCUT2D eigenvalue weighted by Crippen LogP contribution is -1.74. The Hall–Kier alpha value is 0.440. The van der Waals surface area contributed by atoms with Crippen molar-refractivity contribution in [2.24, 2.45) is 0 Å². The molecule has 0 amide bonds. The molecule has 0 spiro atoms. The molecule has 0 fully saturated rings. The van der Waals surface area contributed by atoms with Gasteiger partial charge in [-0.1, -0.05) is 24.3 Å². The second kappa shape index (κ2) is 8.53. The molecule has 4 aromatic heterocycles. The third-order valence-electron chi connectivity index (χ3n) is 5.39. The van der Waals surface area contributed by atoms with E-state index < -0.39 is 0 Å². The largest absolute Gasteiger partial charge is 0.133 e. The molecule has 160 valence electrons. The smallest absolute Gasteiger partial charge is 0.0618 e. The number of hydrogen-bond acceptors (Lipinski definition) is 4. The Kier molecular flexibility index (Phi) is 6.10. The summed E-state index contributed by atoms with van der Waals surface area (Å²) in [5.41, 5.74) is 2.63. The molecule has 8 heteroatoms. The van der Waals surface area contributed by atoms with Gasteiger partial charge in [0.25, 0.3) is 0 Å². The van der Waals surface area contributed by atoms with E-state index in [9.17, 15) is 0 Å². The highest BCUT2D eigenvalue weighted by atomic mass is 127. The first-order chi connectivity index (χ1) is 15.3. The number of aryl methyl sites for hydroxylation is 2. The minimum atomic E-state index is 1.22. The summed E-state index contributed by atoms with van der Waals surface area (Å²) in [6.45, 7) is 4.33. The highest BCUT2D eigenvalue weighted by Gasteiger charge is 2.25. The van der Waals surface area contributed by atoms with Gasteiger partial charge in [-0.05, 0) is 114 Å². The van der Waals surface area contributed by atoms with Crippen LogP contribution in [0.15, 0.2) is 45.3 Å². The summed E-state index contributed by atoms with van der Waals surface area (Å²) in [5.74, 6) is 0. The molecular weight excluding hydrogens is 830 g/mol. The maximum atomic E-state index is 3.98. The van der Waals surface area contributed by atoms with Gasteiger partial charge in [-0.15, -0.1) is 45.3 Å². The van der Waals surface area contributed by atoms with Crippen LogP contribution < -0.4 is 0 Å². The zero-order valence-corrected chi connectivity index (χ0v) is 27.4. The van der Waals surface area contributed by atoms with Crippen molar-refractivity contribution < 1.29 is 0 Å². The lowest BCUT2D eigenvalue weighted by Gasteiger charge is -1.98. The first kappa shape index (κ1) is 22.9. The van der Waals surface area contributed by atoms with Gasteiger partial charge in [-0.3, -0.25) is 0 Å². The van der Waals surface area contributed by atoms with Gasteiger partial charge < -0.3 is 0 Å². The highest BCUT2D eigenvalue weighted by Crippen LogP contribution is 2.56. The molecular formula is C24H12Br2I2S4. The number of fused-ring (bicyclic) bond motifs is 3. The first-order valence-corrected chi connectivity index (χ1v) is 16.6. The monoisotopic (exact) mass is 840 g/mol. The molecule has 6 rings (SSSR count). The lowest BCUT2D eigenvalue weighted by molar-refractivity contribution is 1.52. The standard InChI is InChI=1S/C24H12Br2I2S4/c1-9-3-5-11-13(7-9)29-23(17(11)27)21-15(25)19-20(31-21)16(26)22(32-19)24-18(28)12-6-4-10(2)8-14(12)30-24/h3-8H,1-2H3. The van der Waals surface area contributed by atoms with Crippen molar-refractivity contribution in [1.82, 2.24) is 0 Å². The zero-order valence-electron chi connectivity index (χ0n) is 16.6. The molecule has 0 aliphatic rings. The summed E-state index contributed by atoms with van der Waals surface area (Å²) in [5, 5.41) is 2.71. The molecule has 0 nitrogen and oxygen atoms in total. The average molecular weight is 842 g/mol. The van der Waals surface area contributed by atoms with E-state index in [1.807, 2.05) is 45.3 Å². The SMILES string of the molecule is Cc1ccc2c(I)c(-c3sc4c(Br)c(-c5sc6cc(C)ccc6c5I)sc4c3Br)sc2c1. The normalized spacial score (nSPS) is 12.1. The van der Waals surface area contributed by atoms with Gasteiger partial charge in [0.2, 0.25) is 0 Å². The third kappa shape index (κ3) is 3.53. The van der Waals surface area contributed by atoms with Crippen LogP contribution in [0.5, 0.6) is 0 Å². The van der Waals surface area contributed by atoms with Crippen LogP contribution in [0.1, 0.15) is 11.1 Å². The van der Waals surface area contributed by atoms with Gasteiger partial charge in [-0.2, -0.15) is 0 Å². The molecule has 0 radical (unpaired) electrons. The number of thiophene rings is 4. The van der Waals surface area contributed by atoms with E-state index in [1.54, 1.807) is 0 Å². The minimum absolute atomic E-state index is 1.22. The van der Waals surface area contributed by atoms with Gasteiger partial charge >= 0.3 is 0 Å².